The van der Waals surface area contributed by atoms with E-state index in [1.807, 2.05) is 30.9 Å². The molecule has 1 aliphatic heterocycles. The van der Waals surface area contributed by atoms with Crippen molar-refractivity contribution in [3.63, 3.8) is 0 Å². The number of fused-ring (bicyclic) bond motifs is 3. The molecular weight excluding hydrogens is 458 g/mol. The normalized spacial score (nSPS) is 18.2. The molecule has 0 unspecified atom stereocenters. The molecule has 1 fully saturated rings. The average Bonchev–Trinajstić information content (AvgIpc) is 3.61. The molecule has 0 bridgehead atoms. The zero-order valence-electron chi connectivity index (χ0n) is 20.3. The van der Waals surface area contributed by atoms with Gasteiger partial charge in [0.05, 0.1) is 36.0 Å². The highest BCUT2D eigenvalue weighted by Gasteiger charge is 2.29. The fourth-order valence-electron chi connectivity index (χ4n) is 5.14. The van der Waals surface area contributed by atoms with E-state index >= 15 is 0 Å². The fraction of sp³-hybridized carbons (Fsp3) is 0.346. The van der Waals surface area contributed by atoms with Crippen LogP contribution in [0.5, 0.6) is 0 Å². The summed E-state index contributed by atoms with van der Waals surface area (Å²) in [4.78, 5) is 22.6. The predicted octanol–water partition coefficient (Wildman–Crippen LogP) is 3.95. The van der Waals surface area contributed by atoms with Crippen molar-refractivity contribution >= 4 is 22.1 Å². The summed E-state index contributed by atoms with van der Waals surface area (Å²) in [6, 6.07) is 5.82. The van der Waals surface area contributed by atoms with Crippen LogP contribution in [0, 0.1) is 11.3 Å². The number of benzene rings is 1. The van der Waals surface area contributed by atoms with E-state index < -0.39 is 0 Å². The van der Waals surface area contributed by atoms with Gasteiger partial charge in [-0.2, -0.15) is 15.3 Å². The molecule has 0 saturated carbocycles. The Morgan fingerprint density at radius 1 is 1.25 bits per heavy atom. The van der Waals surface area contributed by atoms with Gasteiger partial charge in [0.25, 0.3) is 0 Å². The molecule has 5 heterocycles. The van der Waals surface area contributed by atoms with Crippen molar-refractivity contribution in [2.75, 3.05) is 6.61 Å². The Hall–Kier alpha value is -4.23. The lowest BCUT2D eigenvalue weighted by Crippen LogP contribution is -2.34. The number of furan rings is 1. The van der Waals surface area contributed by atoms with Gasteiger partial charge in [0.2, 0.25) is 0 Å². The molecule has 0 amide bonds. The molecule has 1 aliphatic rings. The second-order valence-corrected chi connectivity index (χ2v) is 9.30. The molecule has 36 heavy (non-hydrogen) atoms. The van der Waals surface area contributed by atoms with Gasteiger partial charge in [0.1, 0.15) is 16.8 Å². The summed E-state index contributed by atoms with van der Waals surface area (Å²) >= 11 is 0. The third-order valence-corrected chi connectivity index (χ3v) is 6.91. The number of imidazole rings is 1. The summed E-state index contributed by atoms with van der Waals surface area (Å²) in [5.41, 5.74) is 4.29. The van der Waals surface area contributed by atoms with Crippen LogP contribution in [0.1, 0.15) is 37.8 Å². The van der Waals surface area contributed by atoms with Gasteiger partial charge in [0.15, 0.2) is 5.58 Å². The van der Waals surface area contributed by atoms with Gasteiger partial charge in [0, 0.05) is 55.7 Å². The minimum absolute atomic E-state index is 0.0797. The molecule has 6 rings (SSSR count). The second kappa shape index (κ2) is 8.46. The second-order valence-electron chi connectivity index (χ2n) is 9.30. The van der Waals surface area contributed by atoms with E-state index in [0.29, 0.717) is 57.8 Å². The first kappa shape index (κ1) is 22.2. The maximum Gasteiger partial charge on any atom is 0.349 e. The van der Waals surface area contributed by atoms with E-state index in [1.165, 1.54) is 0 Å². The molecule has 10 heteroatoms. The molecule has 5 aromatic rings. The number of hydrogen-bond donors (Lipinski definition) is 0. The molecule has 182 valence electrons. The number of nitriles is 1. The fourth-order valence-corrected chi connectivity index (χ4v) is 5.14. The summed E-state index contributed by atoms with van der Waals surface area (Å²) in [7, 11) is 3.69. The highest BCUT2D eigenvalue weighted by Crippen LogP contribution is 2.39. The van der Waals surface area contributed by atoms with Crippen molar-refractivity contribution in [3.05, 3.63) is 53.1 Å². The van der Waals surface area contributed by atoms with Crippen molar-refractivity contribution < 1.29 is 9.15 Å². The van der Waals surface area contributed by atoms with Crippen LogP contribution < -0.4 is 5.69 Å². The number of nitrogens with zero attached hydrogens (tertiary/aromatic N) is 7. The molecular formula is C26H25N7O3. The van der Waals surface area contributed by atoms with Gasteiger partial charge >= 0.3 is 5.69 Å². The number of ether oxygens (including phenoxy) is 1. The molecule has 0 radical (unpaired) electrons. The van der Waals surface area contributed by atoms with E-state index in [9.17, 15) is 10.1 Å². The Kier molecular flexibility index (Phi) is 5.23. The van der Waals surface area contributed by atoms with Crippen LogP contribution in [-0.4, -0.2) is 41.6 Å². The van der Waals surface area contributed by atoms with Gasteiger partial charge in [-0.3, -0.25) is 9.25 Å². The van der Waals surface area contributed by atoms with Crippen molar-refractivity contribution in [3.8, 4) is 28.6 Å². The van der Waals surface area contributed by atoms with E-state index in [0.717, 1.165) is 18.2 Å². The lowest BCUT2D eigenvalue weighted by molar-refractivity contribution is -0.00709. The Bertz CT molecular complexity index is 1720. The predicted molar refractivity (Wildman–Crippen MR) is 133 cm³/mol. The third kappa shape index (κ3) is 3.51. The number of aromatic nitrogens is 6. The van der Waals surface area contributed by atoms with E-state index in [4.69, 9.17) is 9.15 Å². The molecule has 0 aliphatic carbocycles. The monoisotopic (exact) mass is 483 g/mol. The highest BCUT2D eigenvalue weighted by molar-refractivity contribution is 6.08. The maximum absolute atomic E-state index is 13.6. The molecule has 10 nitrogen and oxygen atoms in total. The van der Waals surface area contributed by atoms with Crippen molar-refractivity contribution in [1.29, 1.82) is 5.26 Å². The maximum atomic E-state index is 13.6. The number of aryl methyl sites for hydroxylation is 2. The number of hydrogen-bond acceptors (Lipinski definition) is 7. The summed E-state index contributed by atoms with van der Waals surface area (Å²) < 4.78 is 17.5. The molecule has 4 aromatic heterocycles. The molecule has 0 N–H and O–H groups in total. The molecule has 2 atom stereocenters. The van der Waals surface area contributed by atoms with Crippen LogP contribution in [-0.2, 0) is 18.8 Å². The van der Waals surface area contributed by atoms with Crippen LogP contribution in [0.2, 0.25) is 0 Å². The van der Waals surface area contributed by atoms with Gasteiger partial charge in [-0.05, 0) is 31.4 Å². The minimum Gasteiger partial charge on any atom is -0.452 e. The van der Waals surface area contributed by atoms with Crippen molar-refractivity contribution in [2.45, 2.75) is 38.3 Å². The largest absolute Gasteiger partial charge is 0.452 e. The van der Waals surface area contributed by atoms with Crippen LogP contribution >= 0.6 is 0 Å². The van der Waals surface area contributed by atoms with Gasteiger partial charge in [-0.25, -0.2) is 9.78 Å². The minimum atomic E-state index is -0.338. The Morgan fingerprint density at radius 2 is 2.11 bits per heavy atom. The summed E-state index contributed by atoms with van der Waals surface area (Å²) in [5, 5.41) is 14.9. The Balaban J connectivity index is 1.69. The summed E-state index contributed by atoms with van der Waals surface area (Å²) in [6.45, 7) is 2.67. The lowest BCUT2D eigenvalue weighted by Gasteiger charge is -2.30. The molecule has 1 saturated heterocycles. The third-order valence-electron chi connectivity index (χ3n) is 6.91. The van der Waals surface area contributed by atoms with Gasteiger partial charge < -0.3 is 13.7 Å². The van der Waals surface area contributed by atoms with Crippen LogP contribution in [0.3, 0.4) is 0 Å². The summed E-state index contributed by atoms with van der Waals surface area (Å²) in [5.74, 6) is 0. The molecule has 1 aromatic carbocycles. The first-order chi connectivity index (χ1) is 17.5. The first-order valence-electron chi connectivity index (χ1n) is 12.0. The Morgan fingerprint density at radius 3 is 2.81 bits per heavy atom. The van der Waals surface area contributed by atoms with Crippen LogP contribution in [0.25, 0.3) is 44.6 Å². The van der Waals surface area contributed by atoms with Crippen LogP contribution in [0.15, 0.2) is 46.3 Å². The zero-order valence-corrected chi connectivity index (χ0v) is 20.3. The average molecular weight is 484 g/mol. The SMILES string of the molecule is CC[C@H]1C[C@@H](n2c(=O)nc(-c3cnn(C)c3)c3oc4cc(C#N)c(-c5cn(C)cn5)cc4c32)CCO1. The van der Waals surface area contributed by atoms with Crippen molar-refractivity contribution in [1.82, 2.24) is 28.9 Å². The number of rotatable bonds is 4. The topological polar surface area (TPSA) is 117 Å². The van der Waals surface area contributed by atoms with Gasteiger partial charge in [-0.1, -0.05) is 6.92 Å². The zero-order chi connectivity index (χ0) is 25.0. The first-order valence-corrected chi connectivity index (χ1v) is 12.0. The highest BCUT2D eigenvalue weighted by atomic mass is 16.5. The van der Waals surface area contributed by atoms with E-state index in [1.54, 1.807) is 34.0 Å². The van der Waals surface area contributed by atoms with E-state index in [2.05, 4.69) is 28.1 Å². The molecule has 0 spiro atoms. The summed E-state index contributed by atoms with van der Waals surface area (Å²) in [6.07, 6.45) is 9.41. The lowest BCUT2D eigenvalue weighted by atomic mass is 9.99. The smallest absolute Gasteiger partial charge is 0.349 e. The Labute approximate surface area is 206 Å². The van der Waals surface area contributed by atoms with E-state index in [-0.39, 0.29) is 17.8 Å². The standard InChI is InChI=1S/C26H25N7O3/c1-4-18-8-17(5-6-35-18)33-24-20-9-19(21-13-31(2)14-28-21)15(10-27)7-22(20)36-25(24)23(30-26(33)34)16-11-29-32(3)12-16/h7,9,11-14,17-18H,4-6,8H2,1-3H3/t17-,18-/m0/s1. The van der Waals surface area contributed by atoms with Crippen molar-refractivity contribution in [2.24, 2.45) is 14.1 Å². The quantitative estimate of drug-likeness (QED) is 0.380. The van der Waals surface area contributed by atoms with Crippen LogP contribution in [0.4, 0.5) is 0 Å². The van der Waals surface area contributed by atoms with Gasteiger partial charge in [-0.15, -0.1) is 0 Å².